The highest BCUT2D eigenvalue weighted by Gasteiger charge is 2.28. The lowest BCUT2D eigenvalue weighted by Gasteiger charge is -2.14. The second-order valence-corrected chi connectivity index (χ2v) is 7.62. The summed E-state index contributed by atoms with van der Waals surface area (Å²) >= 11 is 7.25. The van der Waals surface area contributed by atoms with E-state index >= 15 is 0 Å². The number of nitrogens with one attached hydrogen (secondary N) is 1. The number of hydrogen-bond acceptors (Lipinski definition) is 4. The average molecular weight is 378 g/mol. The number of fused-ring (bicyclic) bond motifs is 1. The van der Waals surface area contributed by atoms with Crippen molar-refractivity contribution in [3.63, 3.8) is 0 Å². The minimum absolute atomic E-state index is 0.0417. The number of rotatable bonds is 7. The minimum Gasteiger partial charge on any atom is -0.353 e. The zero-order chi connectivity index (χ0) is 18.0. The minimum atomic E-state index is -0.179. The number of aromatic nitrogens is 2. The van der Waals surface area contributed by atoms with Gasteiger partial charge in [0.15, 0.2) is 5.16 Å². The van der Waals surface area contributed by atoms with Crippen LogP contribution in [0.1, 0.15) is 19.8 Å². The third-order valence-electron chi connectivity index (χ3n) is 4.24. The Labute approximate surface area is 155 Å². The molecule has 3 rings (SSSR count). The predicted octanol–water partition coefficient (Wildman–Crippen LogP) is 3.24. The summed E-state index contributed by atoms with van der Waals surface area (Å²) in [4.78, 5) is 29.4. The molecule has 0 aliphatic heterocycles. The standard InChI is InChI=1S/C18H20ClN3O2S/c1-3-8-22-17(24)14-9-13(19)6-7-15(14)21-18(22)25-10-16(23)20-11(2)12-4-5-12/h3,6-7,9,11-12H,1,4-5,8,10H2,2H3,(H,20,23)/t11-/m0/s1. The lowest BCUT2D eigenvalue weighted by atomic mass is 10.2. The van der Waals surface area contributed by atoms with E-state index in [0.717, 1.165) is 0 Å². The summed E-state index contributed by atoms with van der Waals surface area (Å²) in [6.45, 7) is 6.06. The van der Waals surface area contributed by atoms with E-state index in [9.17, 15) is 9.59 Å². The Hall–Kier alpha value is -1.79. The van der Waals surface area contributed by atoms with Crippen molar-refractivity contribution >= 4 is 40.2 Å². The number of thioether (sulfide) groups is 1. The fourth-order valence-electron chi connectivity index (χ4n) is 2.71. The number of nitrogens with zero attached hydrogens (tertiary/aromatic N) is 2. The molecule has 0 saturated heterocycles. The number of amides is 1. The van der Waals surface area contributed by atoms with Gasteiger partial charge in [0.05, 0.1) is 16.7 Å². The Morgan fingerprint density at radius 1 is 1.56 bits per heavy atom. The number of hydrogen-bond donors (Lipinski definition) is 1. The van der Waals surface area contributed by atoms with Crippen LogP contribution in [0, 0.1) is 5.92 Å². The highest BCUT2D eigenvalue weighted by Crippen LogP contribution is 2.32. The van der Waals surface area contributed by atoms with E-state index in [1.54, 1.807) is 24.3 Å². The van der Waals surface area contributed by atoms with Crippen molar-refractivity contribution in [1.29, 1.82) is 0 Å². The van der Waals surface area contributed by atoms with Gasteiger partial charge < -0.3 is 5.32 Å². The van der Waals surface area contributed by atoms with Crippen molar-refractivity contribution in [3.05, 3.63) is 46.2 Å². The average Bonchev–Trinajstić information content (AvgIpc) is 3.41. The summed E-state index contributed by atoms with van der Waals surface area (Å²) in [5.74, 6) is 0.788. The molecule has 1 atom stereocenters. The molecule has 1 aliphatic carbocycles. The van der Waals surface area contributed by atoms with Crippen LogP contribution in [0.3, 0.4) is 0 Å². The Balaban J connectivity index is 1.82. The van der Waals surface area contributed by atoms with Gasteiger partial charge in [0.1, 0.15) is 0 Å². The van der Waals surface area contributed by atoms with Crippen LogP contribution in [0.15, 0.2) is 40.8 Å². The highest BCUT2D eigenvalue weighted by molar-refractivity contribution is 7.99. The van der Waals surface area contributed by atoms with Gasteiger partial charge in [0, 0.05) is 17.6 Å². The first-order valence-electron chi connectivity index (χ1n) is 8.22. The fourth-order valence-corrected chi connectivity index (χ4v) is 3.70. The molecule has 1 aliphatic rings. The van der Waals surface area contributed by atoms with Gasteiger partial charge in [-0.25, -0.2) is 4.98 Å². The number of allylic oxidation sites excluding steroid dienone is 1. The second kappa shape index (κ2) is 7.62. The SMILES string of the molecule is C=CCn1c(SCC(=O)N[C@@H](C)C2CC2)nc2ccc(Cl)cc2c1=O. The quantitative estimate of drug-likeness (QED) is 0.457. The topological polar surface area (TPSA) is 64.0 Å². The Bertz CT molecular complexity index is 876. The van der Waals surface area contributed by atoms with E-state index in [1.807, 2.05) is 6.92 Å². The maximum Gasteiger partial charge on any atom is 0.262 e. The molecular weight excluding hydrogens is 358 g/mol. The van der Waals surface area contributed by atoms with Crippen LogP contribution in [0.25, 0.3) is 10.9 Å². The Morgan fingerprint density at radius 2 is 2.32 bits per heavy atom. The maximum absolute atomic E-state index is 12.7. The fraction of sp³-hybridized carbons (Fsp3) is 0.389. The first kappa shape index (κ1) is 18.0. The van der Waals surface area contributed by atoms with Crippen molar-refractivity contribution in [2.45, 2.75) is 37.5 Å². The Morgan fingerprint density at radius 3 is 3.00 bits per heavy atom. The highest BCUT2D eigenvalue weighted by atomic mass is 35.5. The van der Waals surface area contributed by atoms with Crippen LogP contribution in [0.5, 0.6) is 0 Å². The molecule has 0 spiro atoms. The van der Waals surface area contributed by atoms with Crippen molar-refractivity contribution in [1.82, 2.24) is 14.9 Å². The van der Waals surface area contributed by atoms with Crippen molar-refractivity contribution in [3.8, 4) is 0 Å². The monoisotopic (exact) mass is 377 g/mol. The second-order valence-electron chi connectivity index (χ2n) is 6.24. The first-order chi connectivity index (χ1) is 12.0. The van der Waals surface area contributed by atoms with Gasteiger partial charge in [0.25, 0.3) is 5.56 Å². The summed E-state index contributed by atoms with van der Waals surface area (Å²) in [7, 11) is 0. The molecule has 1 aromatic heterocycles. The van der Waals surface area contributed by atoms with Gasteiger partial charge in [-0.1, -0.05) is 29.4 Å². The summed E-state index contributed by atoms with van der Waals surface area (Å²) in [5, 5.41) is 4.47. The number of carbonyl (C=O) groups excluding carboxylic acids is 1. The third kappa shape index (κ3) is 4.25. The van der Waals surface area contributed by atoms with Gasteiger partial charge in [-0.05, 0) is 43.9 Å². The van der Waals surface area contributed by atoms with Gasteiger partial charge in [0.2, 0.25) is 5.91 Å². The molecule has 0 unspecified atom stereocenters. The molecule has 5 nitrogen and oxygen atoms in total. The number of carbonyl (C=O) groups is 1. The molecule has 7 heteroatoms. The molecule has 1 aromatic carbocycles. The Kier molecular flexibility index (Phi) is 5.49. The molecule has 1 fully saturated rings. The van der Waals surface area contributed by atoms with Crippen LogP contribution < -0.4 is 10.9 Å². The lowest BCUT2D eigenvalue weighted by Crippen LogP contribution is -2.35. The predicted molar refractivity (Wildman–Crippen MR) is 102 cm³/mol. The molecule has 1 heterocycles. The first-order valence-corrected chi connectivity index (χ1v) is 9.59. The van der Waals surface area contributed by atoms with Gasteiger partial charge in [-0.3, -0.25) is 14.2 Å². The van der Waals surface area contributed by atoms with Crippen LogP contribution in [0.2, 0.25) is 5.02 Å². The molecule has 132 valence electrons. The molecule has 0 radical (unpaired) electrons. The van der Waals surface area contributed by atoms with Crippen molar-refractivity contribution in [2.24, 2.45) is 5.92 Å². The zero-order valence-electron chi connectivity index (χ0n) is 14.0. The van der Waals surface area contributed by atoms with E-state index in [2.05, 4.69) is 16.9 Å². The molecule has 1 amide bonds. The van der Waals surface area contributed by atoms with E-state index in [-0.39, 0.29) is 23.3 Å². The van der Waals surface area contributed by atoms with Gasteiger partial charge in [-0.2, -0.15) is 0 Å². The van der Waals surface area contributed by atoms with E-state index in [0.29, 0.717) is 33.5 Å². The van der Waals surface area contributed by atoms with Gasteiger partial charge in [-0.15, -0.1) is 6.58 Å². The maximum atomic E-state index is 12.7. The number of benzene rings is 1. The normalized spacial score (nSPS) is 15.1. The summed E-state index contributed by atoms with van der Waals surface area (Å²) in [6.07, 6.45) is 4.00. The van der Waals surface area contributed by atoms with Crippen LogP contribution in [-0.2, 0) is 11.3 Å². The number of halogens is 1. The summed E-state index contributed by atoms with van der Waals surface area (Å²) in [6, 6.07) is 5.24. The van der Waals surface area contributed by atoms with E-state index in [1.165, 1.54) is 29.2 Å². The molecule has 1 N–H and O–H groups in total. The molecule has 1 saturated carbocycles. The molecular formula is C18H20ClN3O2S. The lowest BCUT2D eigenvalue weighted by molar-refractivity contribution is -0.119. The third-order valence-corrected chi connectivity index (χ3v) is 5.45. The van der Waals surface area contributed by atoms with Crippen LogP contribution in [-0.4, -0.2) is 27.3 Å². The van der Waals surface area contributed by atoms with Crippen molar-refractivity contribution in [2.75, 3.05) is 5.75 Å². The smallest absolute Gasteiger partial charge is 0.262 e. The van der Waals surface area contributed by atoms with Crippen LogP contribution in [0.4, 0.5) is 0 Å². The molecule has 25 heavy (non-hydrogen) atoms. The van der Waals surface area contributed by atoms with Crippen molar-refractivity contribution < 1.29 is 4.79 Å². The molecule has 2 aromatic rings. The largest absolute Gasteiger partial charge is 0.353 e. The van der Waals surface area contributed by atoms with E-state index in [4.69, 9.17) is 11.6 Å². The summed E-state index contributed by atoms with van der Waals surface area (Å²) < 4.78 is 1.52. The zero-order valence-corrected chi connectivity index (χ0v) is 15.6. The molecule has 0 bridgehead atoms. The van der Waals surface area contributed by atoms with Gasteiger partial charge >= 0.3 is 0 Å². The summed E-state index contributed by atoms with van der Waals surface area (Å²) in [5.41, 5.74) is 0.394. The van der Waals surface area contributed by atoms with Crippen LogP contribution >= 0.6 is 23.4 Å². The van der Waals surface area contributed by atoms with E-state index < -0.39 is 0 Å².